The molecule has 2 aromatic rings. The van der Waals surface area contributed by atoms with Gasteiger partial charge < -0.3 is 8.98 Å². The zero-order valence-corrected chi connectivity index (χ0v) is 10.2. The van der Waals surface area contributed by atoms with Crippen molar-refractivity contribution in [2.45, 2.75) is 39.7 Å². The molecule has 2 nitrogen and oxygen atoms in total. The van der Waals surface area contributed by atoms with Crippen molar-refractivity contribution in [2.24, 2.45) is 0 Å². The first-order valence-corrected chi connectivity index (χ1v) is 5.85. The molecule has 1 atom stereocenters. The highest BCUT2D eigenvalue weighted by Crippen LogP contribution is 2.20. The van der Waals surface area contributed by atoms with E-state index in [9.17, 15) is 0 Å². The van der Waals surface area contributed by atoms with Gasteiger partial charge in [-0.25, -0.2) is 0 Å². The van der Waals surface area contributed by atoms with Crippen LogP contribution in [0.25, 0.3) is 0 Å². The second-order valence-corrected chi connectivity index (χ2v) is 4.45. The molecule has 0 amide bonds. The lowest BCUT2D eigenvalue weighted by Crippen LogP contribution is -2.09. The Morgan fingerprint density at radius 1 is 1.19 bits per heavy atom. The Hall–Kier alpha value is -1.44. The largest absolute Gasteiger partial charge is 0.469 e. The van der Waals surface area contributed by atoms with E-state index >= 15 is 0 Å². The molecule has 16 heavy (non-hydrogen) atoms. The van der Waals surface area contributed by atoms with Crippen LogP contribution >= 0.6 is 0 Å². The lowest BCUT2D eigenvalue weighted by Gasteiger charge is -2.17. The zero-order chi connectivity index (χ0) is 11.5. The fourth-order valence-electron chi connectivity index (χ4n) is 2.31. The molecular formula is C14H19NO. The van der Waals surface area contributed by atoms with Gasteiger partial charge in [-0.2, -0.15) is 0 Å². The van der Waals surface area contributed by atoms with Crippen LogP contribution in [-0.4, -0.2) is 4.57 Å². The van der Waals surface area contributed by atoms with Crippen LogP contribution in [0.4, 0.5) is 0 Å². The molecule has 0 bridgehead atoms. The molecule has 0 aliphatic heterocycles. The second kappa shape index (κ2) is 4.60. The van der Waals surface area contributed by atoms with Gasteiger partial charge in [0.1, 0.15) is 5.76 Å². The van der Waals surface area contributed by atoms with Crippen LogP contribution in [0.2, 0.25) is 0 Å². The summed E-state index contributed by atoms with van der Waals surface area (Å²) in [5.74, 6) is 1.08. The SMILES string of the molecule is Cc1ccc(C)n1C(C)CCc1ccco1. The van der Waals surface area contributed by atoms with Crippen LogP contribution in [0.1, 0.15) is 36.5 Å². The van der Waals surface area contributed by atoms with Gasteiger partial charge in [0.05, 0.1) is 6.26 Å². The van der Waals surface area contributed by atoms with E-state index in [2.05, 4.69) is 37.5 Å². The first kappa shape index (κ1) is 11.1. The number of nitrogens with zero attached hydrogens (tertiary/aromatic N) is 1. The number of hydrogen-bond acceptors (Lipinski definition) is 1. The maximum Gasteiger partial charge on any atom is 0.103 e. The Kier molecular flexibility index (Phi) is 3.18. The van der Waals surface area contributed by atoms with Crippen LogP contribution in [-0.2, 0) is 6.42 Å². The van der Waals surface area contributed by atoms with E-state index in [1.165, 1.54) is 11.4 Å². The van der Waals surface area contributed by atoms with E-state index in [0.717, 1.165) is 18.6 Å². The molecule has 86 valence electrons. The summed E-state index contributed by atoms with van der Waals surface area (Å²) >= 11 is 0. The maximum absolute atomic E-state index is 5.35. The normalized spacial score (nSPS) is 12.9. The van der Waals surface area contributed by atoms with Gasteiger partial charge in [0.25, 0.3) is 0 Å². The Morgan fingerprint density at radius 3 is 2.44 bits per heavy atom. The first-order chi connectivity index (χ1) is 7.68. The summed E-state index contributed by atoms with van der Waals surface area (Å²) in [4.78, 5) is 0. The summed E-state index contributed by atoms with van der Waals surface area (Å²) in [6.07, 6.45) is 3.86. The Balaban J connectivity index is 2.01. The summed E-state index contributed by atoms with van der Waals surface area (Å²) < 4.78 is 7.74. The molecule has 0 spiro atoms. The number of furan rings is 1. The van der Waals surface area contributed by atoms with E-state index in [-0.39, 0.29) is 0 Å². The molecule has 0 aliphatic carbocycles. The van der Waals surface area contributed by atoms with E-state index in [1.807, 2.05) is 12.1 Å². The predicted octanol–water partition coefficient (Wildman–Crippen LogP) is 3.89. The molecule has 0 aromatic carbocycles. The van der Waals surface area contributed by atoms with Crippen molar-refractivity contribution in [1.82, 2.24) is 4.57 Å². The number of hydrogen-bond donors (Lipinski definition) is 0. The van der Waals surface area contributed by atoms with Gasteiger partial charge in [0.2, 0.25) is 0 Å². The van der Waals surface area contributed by atoms with Crippen molar-refractivity contribution >= 4 is 0 Å². The smallest absolute Gasteiger partial charge is 0.103 e. The molecule has 0 fully saturated rings. The third-order valence-corrected chi connectivity index (χ3v) is 3.16. The van der Waals surface area contributed by atoms with E-state index < -0.39 is 0 Å². The Morgan fingerprint density at radius 2 is 1.88 bits per heavy atom. The van der Waals surface area contributed by atoms with Crippen molar-refractivity contribution < 1.29 is 4.42 Å². The number of aromatic nitrogens is 1. The first-order valence-electron chi connectivity index (χ1n) is 5.85. The standard InChI is InChI=1S/C14H19NO/c1-11-6-7-12(2)15(11)13(3)8-9-14-5-4-10-16-14/h4-7,10,13H,8-9H2,1-3H3. The van der Waals surface area contributed by atoms with Crippen molar-refractivity contribution in [3.05, 3.63) is 47.7 Å². The average Bonchev–Trinajstić information content (AvgIpc) is 2.86. The van der Waals surface area contributed by atoms with Crippen molar-refractivity contribution in [1.29, 1.82) is 0 Å². The summed E-state index contributed by atoms with van der Waals surface area (Å²) in [6, 6.07) is 8.88. The van der Waals surface area contributed by atoms with E-state index in [0.29, 0.717) is 6.04 Å². The predicted molar refractivity (Wildman–Crippen MR) is 65.6 cm³/mol. The molecule has 0 saturated carbocycles. The fourth-order valence-corrected chi connectivity index (χ4v) is 2.31. The monoisotopic (exact) mass is 217 g/mol. The van der Waals surface area contributed by atoms with E-state index in [4.69, 9.17) is 4.42 Å². The summed E-state index contributed by atoms with van der Waals surface area (Å²) in [6.45, 7) is 6.59. The minimum atomic E-state index is 0.528. The minimum Gasteiger partial charge on any atom is -0.469 e. The summed E-state index contributed by atoms with van der Waals surface area (Å²) in [5, 5.41) is 0. The molecule has 0 aliphatic rings. The zero-order valence-electron chi connectivity index (χ0n) is 10.2. The maximum atomic E-state index is 5.35. The minimum absolute atomic E-state index is 0.528. The summed E-state index contributed by atoms with van der Waals surface area (Å²) in [5.41, 5.74) is 2.67. The second-order valence-electron chi connectivity index (χ2n) is 4.45. The molecule has 2 rings (SSSR count). The molecule has 0 saturated heterocycles. The van der Waals surface area contributed by atoms with Crippen LogP contribution < -0.4 is 0 Å². The van der Waals surface area contributed by atoms with Gasteiger partial charge in [0, 0.05) is 23.9 Å². The lowest BCUT2D eigenvalue weighted by atomic mass is 10.1. The van der Waals surface area contributed by atoms with Crippen molar-refractivity contribution in [3.63, 3.8) is 0 Å². The molecule has 0 N–H and O–H groups in total. The van der Waals surface area contributed by atoms with Gasteiger partial charge in [-0.3, -0.25) is 0 Å². The molecule has 1 unspecified atom stereocenters. The van der Waals surface area contributed by atoms with Crippen LogP contribution in [0.3, 0.4) is 0 Å². The fraction of sp³-hybridized carbons (Fsp3) is 0.429. The highest BCUT2D eigenvalue weighted by Gasteiger charge is 2.10. The van der Waals surface area contributed by atoms with Gasteiger partial charge in [-0.1, -0.05) is 0 Å². The van der Waals surface area contributed by atoms with Crippen LogP contribution in [0.15, 0.2) is 34.9 Å². The van der Waals surface area contributed by atoms with Crippen LogP contribution in [0.5, 0.6) is 0 Å². The lowest BCUT2D eigenvalue weighted by molar-refractivity contribution is 0.445. The molecule has 2 aromatic heterocycles. The van der Waals surface area contributed by atoms with Gasteiger partial charge in [0.15, 0.2) is 0 Å². The molecule has 2 heteroatoms. The Labute approximate surface area is 96.9 Å². The molecular weight excluding hydrogens is 198 g/mol. The third kappa shape index (κ3) is 2.21. The van der Waals surface area contributed by atoms with Crippen molar-refractivity contribution in [2.75, 3.05) is 0 Å². The number of aryl methyl sites for hydroxylation is 3. The summed E-state index contributed by atoms with van der Waals surface area (Å²) in [7, 11) is 0. The van der Waals surface area contributed by atoms with Gasteiger partial charge >= 0.3 is 0 Å². The highest BCUT2D eigenvalue weighted by atomic mass is 16.3. The van der Waals surface area contributed by atoms with Gasteiger partial charge in [-0.05, 0) is 51.5 Å². The number of rotatable bonds is 4. The quantitative estimate of drug-likeness (QED) is 0.759. The van der Waals surface area contributed by atoms with E-state index in [1.54, 1.807) is 6.26 Å². The van der Waals surface area contributed by atoms with Crippen molar-refractivity contribution in [3.8, 4) is 0 Å². The topological polar surface area (TPSA) is 18.1 Å². The highest BCUT2D eigenvalue weighted by molar-refractivity contribution is 5.15. The van der Waals surface area contributed by atoms with Gasteiger partial charge in [-0.15, -0.1) is 0 Å². The molecule has 0 radical (unpaired) electrons. The molecule has 2 heterocycles. The van der Waals surface area contributed by atoms with Crippen LogP contribution in [0, 0.1) is 13.8 Å². The third-order valence-electron chi connectivity index (χ3n) is 3.16. The average molecular weight is 217 g/mol. The Bertz CT molecular complexity index is 420.